The van der Waals surface area contributed by atoms with Gasteiger partial charge in [0.15, 0.2) is 5.82 Å². The fourth-order valence-corrected chi connectivity index (χ4v) is 2.19. The molecule has 1 heterocycles. The third-order valence-electron chi connectivity index (χ3n) is 3.49. The van der Waals surface area contributed by atoms with Crippen LogP contribution in [0, 0.1) is 5.41 Å². The molecule has 0 atom stereocenters. The summed E-state index contributed by atoms with van der Waals surface area (Å²) < 4.78 is 5.27. The van der Waals surface area contributed by atoms with Crippen LogP contribution in [0.1, 0.15) is 30.0 Å². The minimum absolute atomic E-state index is 0.0799. The van der Waals surface area contributed by atoms with Crippen LogP contribution >= 0.6 is 0 Å². The van der Waals surface area contributed by atoms with Crippen molar-refractivity contribution in [1.82, 2.24) is 10.2 Å². The molecule has 0 radical (unpaired) electrons. The van der Waals surface area contributed by atoms with Gasteiger partial charge < -0.3 is 20.9 Å². The maximum Gasteiger partial charge on any atom is 0.152 e. The van der Waals surface area contributed by atoms with Crippen LogP contribution in [-0.4, -0.2) is 28.2 Å². The molecule has 2 aromatic rings. The third-order valence-corrected chi connectivity index (χ3v) is 3.49. The standard InChI is InChI=1S/C14H17N5O2/c1-21-12-4-8(14(15)16)11(20)5-10(12)17-13-6-9(18-19-13)7-2-3-7/h4-7,20H,2-3H2,1H3,(H3,15,16)(H2,17,18,19). The summed E-state index contributed by atoms with van der Waals surface area (Å²) in [6.07, 6.45) is 2.39. The van der Waals surface area contributed by atoms with Crippen LogP contribution in [0.15, 0.2) is 18.2 Å². The van der Waals surface area contributed by atoms with Crippen LogP contribution in [0.2, 0.25) is 0 Å². The van der Waals surface area contributed by atoms with Crippen LogP contribution in [0.25, 0.3) is 0 Å². The zero-order valence-electron chi connectivity index (χ0n) is 11.6. The van der Waals surface area contributed by atoms with E-state index in [9.17, 15) is 5.11 Å². The van der Waals surface area contributed by atoms with Gasteiger partial charge in [-0.1, -0.05) is 0 Å². The van der Waals surface area contributed by atoms with Crippen LogP contribution in [-0.2, 0) is 0 Å². The monoisotopic (exact) mass is 287 g/mol. The molecule has 6 N–H and O–H groups in total. The molecular weight excluding hydrogens is 270 g/mol. The van der Waals surface area contributed by atoms with E-state index in [-0.39, 0.29) is 17.1 Å². The summed E-state index contributed by atoms with van der Waals surface area (Å²) in [7, 11) is 1.52. The Hall–Kier alpha value is -2.70. The van der Waals surface area contributed by atoms with Crippen molar-refractivity contribution in [3.8, 4) is 11.5 Å². The predicted molar refractivity (Wildman–Crippen MR) is 79.5 cm³/mol. The van der Waals surface area contributed by atoms with Crippen molar-refractivity contribution in [3.63, 3.8) is 0 Å². The van der Waals surface area contributed by atoms with Crippen LogP contribution in [0.3, 0.4) is 0 Å². The van der Waals surface area contributed by atoms with E-state index in [0.29, 0.717) is 23.2 Å². The van der Waals surface area contributed by atoms with E-state index in [1.54, 1.807) is 0 Å². The number of phenols is 1. The Labute approximate surface area is 121 Å². The highest BCUT2D eigenvalue weighted by Crippen LogP contribution is 2.40. The molecule has 0 spiro atoms. The summed E-state index contributed by atoms with van der Waals surface area (Å²) in [4.78, 5) is 0. The average molecular weight is 287 g/mol. The average Bonchev–Trinajstić information content (AvgIpc) is 3.19. The minimum Gasteiger partial charge on any atom is -0.507 e. The van der Waals surface area contributed by atoms with Gasteiger partial charge in [-0.05, 0) is 18.9 Å². The van der Waals surface area contributed by atoms with Crippen molar-refractivity contribution in [2.75, 3.05) is 12.4 Å². The number of phenolic OH excluding ortho intramolecular Hbond substituents is 1. The Morgan fingerprint density at radius 2 is 2.24 bits per heavy atom. The van der Waals surface area contributed by atoms with Crippen LogP contribution in [0.4, 0.5) is 11.5 Å². The van der Waals surface area contributed by atoms with Crippen LogP contribution in [0.5, 0.6) is 11.5 Å². The van der Waals surface area contributed by atoms with E-state index in [0.717, 1.165) is 5.69 Å². The zero-order valence-corrected chi connectivity index (χ0v) is 11.6. The summed E-state index contributed by atoms with van der Waals surface area (Å²) in [6.45, 7) is 0. The molecule has 0 amide bonds. The van der Waals surface area contributed by atoms with Crippen molar-refractivity contribution in [1.29, 1.82) is 5.41 Å². The van der Waals surface area contributed by atoms with Gasteiger partial charge in [-0.25, -0.2) is 0 Å². The predicted octanol–water partition coefficient (Wildman–Crippen LogP) is 2.03. The molecule has 1 fully saturated rings. The van der Waals surface area contributed by atoms with Gasteiger partial charge >= 0.3 is 0 Å². The van der Waals surface area contributed by atoms with E-state index in [4.69, 9.17) is 15.9 Å². The normalized spacial score (nSPS) is 14.0. The first-order chi connectivity index (χ1) is 10.1. The topological polar surface area (TPSA) is 120 Å². The molecule has 3 rings (SSSR count). The first kappa shape index (κ1) is 13.3. The minimum atomic E-state index is -0.215. The Balaban J connectivity index is 1.89. The first-order valence-corrected chi connectivity index (χ1v) is 6.66. The highest BCUT2D eigenvalue weighted by Gasteiger charge is 2.25. The molecule has 0 aliphatic heterocycles. The molecule has 7 heteroatoms. The van der Waals surface area contributed by atoms with E-state index in [2.05, 4.69) is 15.5 Å². The molecule has 1 aromatic carbocycles. The van der Waals surface area contributed by atoms with Gasteiger partial charge in [-0.15, -0.1) is 0 Å². The highest BCUT2D eigenvalue weighted by molar-refractivity contribution is 5.99. The largest absolute Gasteiger partial charge is 0.507 e. The number of rotatable bonds is 5. The molecule has 1 saturated carbocycles. The maximum absolute atomic E-state index is 9.92. The summed E-state index contributed by atoms with van der Waals surface area (Å²) in [5.74, 6) is 1.43. The van der Waals surface area contributed by atoms with Gasteiger partial charge in [-0.3, -0.25) is 10.5 Å². The number of nitrogen functional groups attached to an aromatic ring is 1. The number of nitrogens with zero attached hydrogens (tertiary/aromatic N) is 1. The number of hydrogen-bond acceptors (Lipinski definition) is 5. The summed E-state index contributed by atoms with van der Waals surface area (Å²) in [6, 6.07) is 4.95. The Kier molecular flexibility index (Phi) is 3.17. The molecule has 1 aromatic heterocycles. The van der Waals surface area contributed by atoms with Gasteiger partial charge in [0.2, 0.25) is 0 Å². The lowest BCUT2D eigenvalue weighted by Crippen LogP contribution is -2.11. The number of hydrogen-bond donors (Lipinski definition) is 5. The summed E-state index contributed by atoms with van der Waals surface area (Å²) in [5, 5.41) is 27.6. The van der Waals surface area contributed by atoms with E-state index in [1.165, 1.54) is 32.1 Å². The Bertz CT molecular complexity index is 691. The second kappa shape index (κ2) is 5.01. The summed E-state index contributed by atoms with van der Waals surface area (Å²) >= 11 is 0. The first-order valence-electron chi connectivity index (χ1n) is 6.66. The van der Waals surface area contributed by atoms with Gasteiger partial charge in [0, 0.05) is 23.7 Å². The zero-order chi connectivity index (χ0) is 15.0. The number of anilines is 2. The molecule has 21 heavy (non-hydrogen) atoms. The number of aromatic nitrogens is 2. The number of methoxy groups -OCH3 is 1. The van der Waals surface area contributed by atoms with Crippen molar-refractivity contribution in [2.24, 2.45) is 5.73 Å². The molecule has 1 aliphatic carbocycles. The fraction of sp³-hybridized carbons (Fsp3) is 0.286. The number of benzene rings is 1. The Morgan fingerprint density at radius 1 is 1.48 bits per heavy atom. The molecular formula is C14H17N5O2. The summed E-state index contributed by atoms with van der Waals surface area (Å²) in [5.41, 5.74) is 7.32. The second-order valence-corrected chi connectivity index (χ2v) is 5.09. The maximum atomic E-state index is 9.92. The van der Waals surface area contributed by atoms with Crippen molar-refractivity contribution >= 4 is 17.3 Å². The fourth-order valence-electron chi connectivity index (χ4n) is 2.19. The highest BCUT2D eigenvalue weighted by atomic mass is 16.5. The number of nitrogens with one attached hydrogen (secondary N) is 3. The third kappa shape index (κ3) is 2.62. The van der Waals surface area contributed by atoms with Gasteiger partial charge in [0.25, 0.3) is 0 Å². The Morgan fingerprint density at radius 3 is 2.86 bits per heavy atom. The molecule has 7 nitrogen and oxygen atoms in total. The van der Waals surface area contributed by atoms with Crippen molar-refractivity contribution in [3.05, 3.63) is 29.5 Å². The van der Waals surface area contributed by atoms with E-state index >= 15 is 0 Å². The van der Waals surface area contributed by atoms with Gasteiger partial charge in [0.1, 0.15) is 17.3 Å². The number of nitrogens with two attached hydrogens (primary N) is 1. The second-order valence-electron chi connectivity index (χ2n) is 5.09. The molecule has 0 bridgehead atoms. The van der Waals surface area contributed by atoms with E-state index in [1.807, 2.05) is 6.07 Å². The lowest BCUT2D eigenvalue weighted by molar-refractivity contribution is 0.414. The number of amidine groups is 1. The SMILES string of the molecule is COc1cc(C(=N)N)c(O)cc1Nc1cc(C2CC2)[nH]n1. The smallest absolute Gasteiger partial charge is 0.152 e. The lowest BCUT2D eigenvalue weighted by Gasteiger charge is -2.12. The molecule has 1 aliphatic rings. The van der Waals surface area contributed by atoms with Gasteiger partial charge in [-0.2, -0.15) is 5.10 Å². The molecule has 0 saturated heterocycles. The number of H-pyrrole nitrogens is 1. The molecule has 110 valence electrons. The number of ether oxygens (including phenoxy) is 1. The number of aromatic hydroxyl groups is 1. The van der Waals surface area contributed by atoms with Crippen LogP contribution < -0.4 is 15.8 Å². The quantitative estimate of drug-likeness (QED) is 0.425. The number of aromatic amines is 1. The van der Waals surface area contributed by atoms with Crippen molar-refractivity contribution < 1.29 is 9.84 Å². The van der Waals surface area contributed by atoms with Gasteiger partial charge in [0.05, 0.1) is 18.4 Å². The van der Waals surface area contributed by atoms with E-state index < -0.39 is 0 Å². The van der Waals surface area contributed by atoms with Crippen molar-refractivity contribution in [2.45, 2.75) is 18.8 Å². The molecule has 0 unspecified atom stereocenters. The lowest BCUT2D eigenvalue weighted by atomic mass is 10.1.